The summed E-state index contributed by atoms with van der Waals surface area (Å²) in [5, 5.41) is 7.45. The van der Waals surface area contributed by atoms with Crippen LogP contribution in [0.5, 0.6) is 0 Å². The van der Waals surface area contributed by atoms with E-state index in [1.54, 1.807) is 0 Å². The standard InChI is InChI=1S/C24H46N4O2S/c25-23(17-9-7-15-21(23)27-19-11-3-1-4-12-19)31(29,30)24(26)18-10-8-16-22(24)28-20-13-5-2-6-14-20/h19-22,27-28H,1-18,25-26H2. The largest absolute Gasteiger partial charge is 0.311 e. The Hall–Kier alpha value is -0.210. The first-order valence-electron chi connectivity index (χ1n) is 13.2. The van der Waals surface area contributed by atoms with Gasteiger partial charge in [-0.3, -0.25) is 0 Å². The van der Waals surface area contributed by atoms with E-state index in [4.69, 9.17) is 11.5 Å². The summed E-state index contributed by atoms with van der Waals surface area (Å²) in [6, 6.07) is 0.413. The molecule has 0 aromatic carbocycles. The van der Waals surface area contributed by atoms with Gasteiger partial charge in [0.2, 0.25) is 0 Å². The Labute approximate surface area is 190 Å². The molecule has 0 heterocycles. The number of hydrogen-bond donors (Lipinski definition) is 4. The van der Waals surface area contributed by atoms with Crippen LogP contribution >= 0.6 is 0 Å². The number of nitrogens with two attached hydrogens (primary N) is 2. The highest BCUT2D eigenvalue weighted by atomic mass is 32.2. The van der Waals surface area contributed by atoms with Crippen molar-refractivity contribution in [2.45, 2.75) is 149 Å². The Kier molecular flexibility index (Phi) is 7.69. The molecule has 4 aliphatic carbocycles. The van der Waals surface area contributed by atoms with Crippen LogP contribution in [0.3, 0.4) is 0 Å². The maximum atomic E-state index is 14.4. The van der Waals surface area contributed by atoms with Gasteiger partial charge >= 0.3 is 0 Å². The van der Waals surface area contributed by atoms with Crippen molar-refractivity contribution in [2.75, 3.05) is 0 Å². The Balaban J connectivity index is 1.57. The number of sulfone groups is 1. The molecule has 6 nitrogen and oxygen atoms in total. The van der Waals surface area contributed by atoms with Crippen LogP contribution in [-0.4, -0.2) is 42.3 Å². The van der Waals surface area contributed by atoms with Crippen molar-refractivity contribution in [1.29, 1.82) is 0 Å². The second kappa shape index (κ2) is 9.96. The molecule has 4 aliphatic rings. The average molecular weight is 455 g/mol. The molecule has 4 rings (SSSR count). The van der Waals surface area contributed by atoms with Gasteiger partial charge in [0.05, 0.1) is 0 Å². The van der Waals surface area contributed by atoms with E-state index >= 15 is 0 Å². The second-order valence-electron chi connectivity index (χ2n) is 11.0. The maximum Gasteiger partial charge on any atom is 0.190 e. The highest BCUT2D eigenvalue weighted by molar-refractivity contribution is 7.94. The fraction of sp³-hybridized carbons (Fsp3) is 1.00. The molecule has 0 saturated heterocycles. The van der Waals surface area contributed by atoms with Crippen LogP contribution in [0, 0.1) is 0 Å². The Bertz CT molecular complexity index is 638. The van der Waals surface area contributed by atoms with Crippen LogP contribution < -0.4 is 22.1 Å². The summed E-state index contributed by atoms with van der Waals surface area (Å²) in [6.45, 7) is 0. The molecule has 0 aromatic rings. The summed E-state index contributed by atoms with van der Waals surface area (Å²) >= 11 is 0. The van der Waals surface area contributed by atoms with Crippen molar-refractivity contribution in [3.8, 4) is 0 Å². The van der Waals surface area contributed by atoms with Crippen LogP contribution in [0.1, 0.15) is 116 Å². The summed E-state index contributed by atoms with van der Waals surface area (Å²) in [4.78, 5) is -2.53. The SMILES string of the molecule is NC1(S(=O)(=O)C2(N)CCCCC2NC2CCCCC2)CCCCC1NC1CCCCC1. The minimum absolute atomic E-state index is 0.188. The van der Waals surface area contributed by atoms with Crippen LogP contribution in [-0.2, 0) is 9.84 Å². The van der Waals surface area contributed by atoms with E-state index in [2.05, 4.69) is 10.6 Å². The lowest BCUT2D eigenvalue weighted by molar-refractivity contribution is 0.214. The normalized spacial score (nSPS) is 39.4. The lowest BCUT2D eigenvalue weighted by Crippen LogP contribution is -2.75. The third-order valence-electron chi connectivity index (χ3n) is 8.89. The van der Waals surface area contributed by atoms with Crippen molar-refractivity contribution >= 4 is 9.84 Å². The molecule has 4 atom stereocenters. The quantitative estimate of drug-likeness (QED) is 0.489. The Morgan fingerprint density at radius 1 is 0.548 bits per heavy atom. The number of hydrogen-bond acceptors (Lipinski definition) is 6. The maximum absolute atomic E-state index is 14.4. The third kappa shape index (κ3) is 4.72. The van der Waals surface area contributed by atoms with E-state index < -0.39 is 19.6 Å². The van der Waals surface area contributed by atoms with Gasteiger partial charge in [0.25, 0.3) is 0 Å². The molecule has 6 N–H and O–H groups in total. The molecule has 0 aromatic heterocycles. The summed E-state index contributed by atoms with van der Waals surface area (Å²) in [7, 11) is -3.75. The minimum atomic E-state index is -3.75. The third-order valence-corrected chi connectivity index (χ3v) is 11.9. The van der Waals surface area contributed by atoms with Crippen molar-refractivity contribution in [2.24, 2.45) is 11.5 Å². The molecule has 7 heteroatoms. The van der Waals surface area contributed by atoms with Crippen molar-refractivity contribution < 1.29 is 8.42 Å². The van der Waals surface area contributed by atoms with Crippen molar-refractivity contribution in [3.63, 3.8) is 0 Å². The molecule has 4 saturated carbocycles. The van der Waals surface area contributed by atoms with Crippen LogP contribution in [0.2, 0.25) is 0 Å². The summed E-state index contributed by atoms with van der Waals surface area (Å²) in [5.74, 6) is 0. The highest BCUT2D eigenvalue weighted by Gasteiger charge is 2.60. The lowest BCUT2D eigenvalue weighted by atomic mass is 9.87. The zero-order chi connectivity index (χ0) is 22.0. The fourth-order valence-electron chi connectivity index (χ4n) is 6.89. The number of nitrogens with one attached hydrogen (secondary N) is 2. The van der Waals surface area contributed by atoms with E-state index in [-0.39, 0.29) is 12.1 Å². The monoisotopic (exact) mass is 454 g/mol. The molecule has 0 aliphatic heterocycles. The van der Waals surface area contributed by atoms with E-state index in [9.17, 15) is 8.42 Å². The molecule has 0 spiro atoms. The highest BCUT2D eigenvalue weighted by Crippen LogP contribution is 2.42. The van der Waals surface area contributed by atoms with Crippen LogP contribution in [0.15, 0.2) is 0 Å². The predicted octanol–water partition coefficient (Wildman–Crippen LogP) is 3.44. The Morgan fingerprint density at radius 3 is 1.29 bits per heavy atom. The van der Waals surface area contributed by atoms with E-state index in [1.165, 1.54) is 38.5 Å². The topological polar surface area (TPSA) is 110 Å². The van der Waals surface area contributed by atoms with Gasteiger partial charge in [0.1, 0.15) is 9.74 Å². The van der Waals surface area contributed by atoms with Crippen molar-refractivity contribution in [1.82, 2.24) is 10.6 Å². The van der Waals surface area contributed by atoms with Gasteiger partial charge < -0.3 is 22.1 Å². The predicted molar refractivity (Wildman–Crippen MR) is 127 cm³/mol. The molecule has 0 radical (unpaired) electrons. The van der Waals surface area contributed by atoms with Gasteiger partial charge in [-0.1, -0.05) is 64.2 Å². The van der Waals surface area contributed by atoms with Gasteiger partial charge in [-0.2, -0.15) is 0 Å². The van der Waals surface area contributed by atoms with Gasteiger partial charge in [-0.25, -0.2) is 8.42 Å². The first-order chi connectivity index (χ1) is 14.9. The lowest BCUT2D eigenvalue weighted by Gasteiger charge is -2.51. The second-order valence-corrected chi connectivity index (χ2v) is 13.5. The molecular formula is C24H46N4O2S. The van der Waals surface area contributed by atoms with Gasteiger partial charge in [-0.05, 0) is 51.4 Å². The van der Waals surface area contributed by atoms with E-state index in [0.29, 0.717) is 24.9 Å². The molecule has 4 unspecified atom stereocenters. The Morgan fingerprint density at radius 2 is 0.903 bits per heavy atom. The van der Waals surface area contributed by atoms with Gasteiger partial charge in [0, 0.05) is 24.2 Å². The summed E-state index contributed by atoms with van der Waals surface area (Å²) < 4.78 is 28.7. The zero-order valence-corrected chi connectivity index (χ0v) is 20.2. The first-order valence-corrected chi connectivity index (χ1v) is 14.7. The molecule has 0 amide bonds. The van der Waals surface area contributed by atoms with E-state index in [1.807, 2.05) is 0 Å². The summed E-state index contributed by atoms with van der Waals surface area (Å²) in [6.07, 6.45) is 18.5. The van der Waals surface area contributed by atoms with Gasteiger partial charge in [-0.15, -0.1) is 0 Å². The molecule has 180 valence electrons. The average Bonchev–Trinajstić information content (AvgIpc) is 2.78. The summed E-state index contributed by atoms with van der Waals surface area (Å²) in [5.41, 5.74) is 13.9. The fourth-order valence-corrected chi connectivity index (χ4v) is 9.54. The zero-order valence-electron chi connectivity index (χ0n) is 19.4. The van der Waals surface area contributed by atoms with E-state index in [0.717, 1.165) is 64.2 Å². The molecule has 0 bridgehead atoms. The van der Waals surface area contributed by atoms with Crippen LogP contribution in [0.4, 0.5) is 0 Å². The smallest absolute Gasteiger partial charge is 0.190 e. The molecule has 4 fully saturated rings. The molecular weight excluding hydrogens is 408 g/mol. The van der Waals surface area contributed by atoms with Crippen molar-refractivity contribution in [3.05, 3.63) is 0 Å². The number of rotatable bonds is 6. The molecule has 31 heavy (non-hydrogen) atoms. The first kappa shape index (κ1) is 23.9. The minimum Gasteiger partial charge on any atom is -0.311 e. The van der Waals surface area contributed by atoms with Gasteiger partial charge in [0.15, 0.2) is 9.84 Å². The van der Waals surface area contributed by atoms with Crippen LogP contribution in [0.25, 0.3) is 0 Å².